The molecular formula is C24H30Cl2N4O8. The summed E-state index contributed by atoms with van der Waals surface area (Å²) in [7, 11) is 0. The molecule has 0 saturated carbocycles. The molecule has 14 heteroatoms. The molecule has 8 N–H and O–H groups in total. The van der Waals surface area contributed by atoms with Crippen molar-refractivity contribution in [3.05, 3.63) is 46.5 Å². The molecular weight excluding hydrogens is 543 g/mol. The van der Waals surface area contributed by atoms with Gasteiger partial charge in [0.1, 0.15) is 23.6 Å². The van der Waals surface area contributed by atoms with E-state index in [4.69, 9.17) is 10.2 Å². The third-order valence-electron chi connectivity index (χ3n) is 5.80. The van der Waals surface area contributed by atoms with Crippen LogP contribution in [0.2, 0.25) is 0 Å². The highest BCUT2D eigenvalue weighted by molar-refractivity contribution is 6.33. The van der Waals surface area contributed by atoms with E-state index >= 15 is 0 Å². The van der Waals surface area contributed by atoms with Crippen molar-refractivity contribution in [3.63, 3.8) is 0 Å². The van der Waals surface area contributed by atoms with Crippen molar-refractivity contribution < 1.29 is 39.6 Å². The van der Waals surface area contributed by atoms with Gasteiger partial charge in [-0.3, -0.25) is 19.2 Å². The fourth-order valence-corrected chi connectivity index (χ4v) is 3.81. The molecule has 1 aliphatic rings. The summed E-state index contributed by atoms with van der Waals surface area (Å²) < 4.78 is 0. The van der Waals surface area contributed by atoms with Crippen LogP contribution in [0, 0.1) is 0 Å². The Balaban J connectivity index is 0.00000361. The van der Waals surface area contributed by atoms with Gasteiger partial charge in [0.05, 0.1) is 22.3 Å². The van der Waals surface area contributed by atoms with Crippen molar-refractivity contribution in [2.24, 2.45) is 0 Å². The van der Waals surface area contributed by atoms with Gasteiger partial charge in [0.25, 0.3) is 0 Å². The number of halogens is 2. The predicted octanol–water partition coefficient (Wildman–Crippen LogP) is 1.67. The molecule has 0 unspecified atom stereocenters. The average Bonchev–Trinajstić information content (AvgIpc) is 2.83. The molecule has 2 atom stereocenters. The van der Waals surface area contributed by atoms with E-state index in [1.54, 1.807) is 12.1 Å². The van der Waals surface area contributed by atoms with Crippen LogP contribution in [0.25, 0.3) is 0 Å². The second-order valence-electron chi connectivity index (χ2n) is 8.30. The van der Waals surface area contributed by atoms with E-state index in [2.05, 4.69) is 21.3 Å². The Hall–Kier alpha value is -3.58. The first-order chi connectivity index (χ1) is 17.0. The molecule has 0 amide bonds. The fourth-order valence-electron chi connectivity index (χ4n) is 3.81. The summed E-state index contributed by atoms with van der Waals surface area (Å²) in [6, 6.07) is 3.86. The number of hydrogen-bond acceptors (Lipinski definition) is 10. The van der Waals surface area contributed by atoms with Crippen LogP contribution in [0.5, 0.6) is 11.5 Å². The molecule has 1 aliphatic carbocycles. The molecule has 0 radical (unpaired) electrons. The van der Waals surface area contributed by atoms with Gasteiger partial charge in [-0.25, -0.2) is 0 Å². The summed E-state index contributed by atoms with van der Waals surface area (Å²) in [5.41, 5.74) is -0.0213. The van der Waals surface area contributed by atoms with Gasteiger partial charge >= 0.3 is 11.9 Å². The molecule has 2 aromatic rings. The van der Waals surface area contributed by atoms with Crippen LogP contribution in [-0.2, 0) is 9.59 Å². The minimum absolute atomic E-state index is 0. The molecule has 12 nitrogen and oxygen atoms in total. The molecule has 0 fully saturated rings. The maximum atomic E-state index is 13.5. The van der Waals surface area contributed by atoms with Crippen molar-refractivity contribution >= 4 is 59.7 Å². The third-order valence-corrected chi connectivity index (χ3v) is 5.80. The molecule has 0 spiro atoms. The van der Waals surface area contributed by atoms with Gasteiger partial charge in [-0.2, -0.15) is 0 Å². The summed E-state index contributed by atoms with van der Waals surface area (Å²) in [5.74, 6) is -4.24. The van der Waals surface area contributed by atoms with E-state index in [0.717, 1.165) is 12.1 Å². The number of carbonyl (C=O) groups excluding carboxylic acids is 2. The maximum absolute atomic E-state index is 13.5. The Morgan fingerprint density at radius 3 is 1.32 bits per heavy atom. The number of nitrogens with one attached hydrogen (secondary N) is 4. The number of anilines is 2. The number of benzene rings is 2. The van der Waals surface area contributed by atoms with Crippen molar-refractivity contribution in [2.45, 2.75) is 25.9 Å². The first kappa shape index (κ1) is 32.4. The lowest BCUT2D eigenvalue weighted by Crippen LogP contribution is -2.37. The second-order valence-corrected chi connectivity index (χ2v) is 8.30. The van der Waals surface area contributed by atoms with Crippen molar-refractivity contribution in [1.29, 1.82) is 0 Å². The molecule has 0 aromatic heterocycles. The first-order valence-corrected chi connectivity index (χ1v) is 11.3. The normalized spacial score (nSPS) is 13.2. The van der Waals surface area contributed by atoms with Gasteiger partial charge in [0.15, 0.2) is 0 Å². The minimum atomic E-state index is -1.01. The Labute approximate surface area is 230 Å². The summed E-state index contributed by atoms with van der Waals surface area (Å²) in [4.78, 5) is 48.9. The molecule has 2 aromatic carbocycles. The zero-order valence-electron chi connectivity index (χ0n) is 20.5. The topological polar surface area (TPSA) is 197 Å². The second kappa shape index (κ2) is 13.8. The van der Waals surface area contributed by atoms with Gasteiger partial charge in [-0.05, 0) is 38.1 Å². The van der Waals surface area contributed by atoms with Gasteiger partial charge < -0.3 is 41.7 Å². The van der Waals surface area contributed by atoms with Crippen LogP contribution in [0.4, 0.5) is 11.4 Å². The number of rotatable bonds is 12. The lowest BCUT2D eigenvalue weighted by atomic mass is 9.81. The number of carboxylic acids is 2. The smallest absolute Gasteiger partial charge is 0.320 e. The number of ketones is 2. The van der Waals surface area contributed by atoms with Crippen molar-refractivity contribution in [1.82, 2.24) is 10.6 Å². The van der Waals surface area contributed by atoms with E-state index in [-0.39, 0.29) is 73.2 Å². The SMILES string of the molecule is C[C@H](NCCNc1ccc(NCCN[C@@H](C)C(=O)O)c2c1C(=O)c1c(O)ccc(O)c1C2=O)C(=O)O.Cl.Cl. The number of aromatic hydroxyl groups is 2. The number of hydrogen-bond donors (Lipinski definition) is 8. The number of fused-ring (bicyclic) bond motifs is 2. The largest absolute Gasteiger partial charge is 0.507 e. The first-order valence-electron chi connectivity index (χ1n) is 11.3. The summed E-state index contributed by atoms with van der Waals surface area (Å²) in [6.45, 7) is 3.94. The molecule has 3 rings (SSSR count). The number of phenols is 2. The molecule has 0 aliphatic heterocycles. The van der Waals surface area contributed by atoms with E-state index in [9.17, 15) is 29.4 Å². The Morgan fingerprint density at radius 2 is 1.00 bits per heavy atom. The van der Waals surface area contributed by atoms with Gasteiger partial charge in [0.2, 0.25) is 11.6 Å². The predicted molar refractivity (Wildman–Crippen MR) is 145 cm³/mol. The highest BCUT2D eigenvalue weighted by Crippen LogP contribution is 2.42. The van der Waals surface area contributed by atoms with Crippen LogP contribution in [-0.4, -0.2) is 82.2 Å². The average molecular weight is 573 g/mol. The summed E-state index contributed by atoms with van der Waals surface area (Å²) in [6.07, 6.45) is 0. The summed E-state index contributed by atoms with van der Waals surface area (Å²) in [5, 5.41) is 50.2. The van der Waals surface area contributed by atoms with Gasteiger partial charge in [-0.15, -0.1) is 24.8 Å². The van der Waals surface area contributed by atoms with Crippen molar-refractivity contribution in [2.75, 3.05) is 36.8 Å². The van der Waals surface area contributed by atoms with E-state index < -0.39 is 47.1 Å². The van der Waals surface area contributed by atoms with E-state index in [1.807, 2.05) is 0 Å². The number of phenolic OH excluding ortho intramolecular Hbond substituents is 2. The minimum Gasteiger partial charge on any atom is -0.507 e. The lowest BCUT2D eigenvalue weighted by Gasteiger charge is -2.25. The number of carboxylic acid groups (broad SMARTS) is 2. The van der Waals surface area contributed by atoms with Gasteiger partial charge in [0, 0.05) is 37.6 Å². The quantitative estimate of drug-likeness (QED) is 0.115. The zero-order chi connectivity index (χ0) is 26.6. The van der Waals surface area contributed by atoms with Crippen LogP contribution in [0.1, 0.15) is 45.7 Å². The molecule has 0 heterocycles. The number of aliphatic carboxylic acids is 2. The highest BCUT2D eigenvalue weighted by Gasteiger charge is 2.37. The van der Waals surface area contributed by atoms with E-state index in [1.165, 1.54) is 13.8 Å². The highest BCUT2D eigenvalue weighted by atomic mass is 35.5. The standard InChI is InChI=1S/C24H28N4O8.2ClH/c1-11(23(33)34)25-7-9-27-13-3-4-14(28-10-8-26-12(2)24(35)36)18-17(13)21(31)19-15(29)5-6-16(30)20(19)22(18)32;;/h3-6,11-12,25-30H,7-10H2,1-2H3,(H,33,34)(H,35,36);2*1H/t11-,12-;;/m0../s1. The van der Waals surface area contributed by atoms with Crippen LogP contribution in [0.15, 0.2) is 24.3 Å². The monoisotopic (exact) mass is 572 g/mol. The molecule has 0 saturated heterocycles. The molecule has 38 heavy (non-hydrogen) atoms. The maximum Gasteiger partial charge on any atom is 0.320 e. The van der Waals surface area contributed by atoms with Crippen LogP contribution >= 0.6 is 24.8 Å². The number of carbonyl (C=O) groups is 4. The van der Waals surface area contributed by atoms with Gasteiger partial charge in [-0.1, -0.05) is 0 Å². The summed E-state index contributed by atoms with van der Waals surface area (Å²) >= 11 is 0. The molecule has 0 bridgehead atoms. The third kappa shape index (κ3) is 6.84. The fraction of sp³-hybridized carbons (Fsp3) is 0.333. The Morgan fingerprint density at radius 1 is 0.658 bits per heavy atom. The Kier molecular flexibility index (Phi) is 11.8. The Bertz CT molecular complexity index is 1130. The van der Waals surface area contributed by atoms with Crippen molar-refractivity contribution in [3.8, 4) is 11.5 Å². The van der Waals surface area contributed by atoms with E-state index in [0.29, 0.717) is 11.4 Å². The molecule has 208 valence electrons. The zero-order valence-corrected chi connectivity index (χ0v) is 22.2. The van der Waals surface area contributed by atoms with Crippen LogP contribution < -0.4 is 21.3 Å². The van der Waals surface area contributed by atoms with Crippen LogP contribution in [0.3, 0.4) is 0 Å². The lowest BCUT2D eigenvalue weighted by molar-refractivity contribution is -0.139.